The number of nitrogens with zero attached hydrogens (tertiary/aromatic N) is 4. The SMILES string of the molecule is CC[C@@H]1CC(CCCC(N)=O)C[C@@H]1c1nnc2cnc3[nH]ccc3n12. The monoisotopic (exact) mass is 340 g/mol. The average molecular weight is 340 g/mol. The van der Waals surface area contributed by atoms with Gasteiger partial charge in [0.15, 0.2) is 11.3 Å². The summed E-state index contributed by atoms with van der Waals surface area (Å²) in [5, 5.41) is 8.88. The summed E-state index contributed by atoms with van der Waals surface area (Å²) in [5.74, 6) is 2.48. The van der Waals surface area contributed by atoms with Gasteiger partial charge in [-0.15, -0.1) is 10.2 Å². The number of carbonyl (C=O) groups is 1. The van der Waals surface area contributed by atoms with E-state index in [1.807, 2.05) is 12.3 Å². The number of amides is 1. The van der Waals surface area contributed by atoms with Crippen LogP contribution in [0.5, 0.6) is 0 Å². The minimum absolute atomic E-state index is 0.201. The quantitative estimate of drug-likeness (QED) is 0.720. The number of hydrogen-bond acceptors (Lipinski definition) is 4. The molecule has 3 aromatic heterocycles. The molecule has 0 spiro atoms. The Balaban J connectivity index is 1.63. The molecule has 0 aromatic carbocycles. The smallest absolute Gasteiger partial charge is 0.217 e. The summed E-state index contributed by atoms with van der Waals surface area (Å²) >= 11 is 0. The van der Waals surface area contributed by atoms with E-state index in [1.54, 1.807) is 6.20 Å². The molecular weight excluding hydrogens is 316 g/mol. The Morgan fingerprint density at radius 2 is 2.28 bits per heavy atom. The molecule has 3 aromatic rings. The van der Waals surface area contributed by atoms with E-state index in [4.69, 9.17) is 5.73 Å². The maximum absolute atomic E-state index is 11.0. The lowest BCUT2D eigenvalue weighted by Gasteiger charge is -2.16. The van der Waals surface area contributed by atoms with Gasteiger partial charge in [-0.1, -0.05) is 13.3 Å². The topological polar surface area (TPSA) is 102 Å². The summed E-state index contributed by atoms with van der Waals surface area (Å²) in [5.41, 5.74) is 7.96. The third-order valence-corrected chi connectivity index (χ3v) is 5.65. The molecule has 7 heteroatoms. The lowest BCUT2D eigenvalue weighted by molar-refractivity contribution is -0.118. The first-order valence-corrected chi connectivity index (χ1v) is 9.12. The zero-order valence-corrected chi connectivity index (χ0v) is 14.5. The van der Waals surface area contributed by atoms with Crippen molar-refractivity contribution in [2.24, 2.45) is 17.6 Å². The van der Waals surface area contributed by atoms with Crippen LogP contribution in [-0.4, -0.2) is 30.5 Å². The summed E-state index contributed by atoms with van der Waals surface area (Å²) in [6, 6.07) is 2.03. The van der Waals surface area contributed by atoms with Crippen molar-refractivity contribution >= 4 is 22.7 Å². The highest BCUT2D eigenvalue weighted by atomic mass is 16.1. The highest BCUT2D eigenvalue weighted by molar-refractivity contribution is 5.74. The maximum atomic E-state index is 11.0. The fraction of sp³-hybridized carbons (Fsp3) is 0.556. The number of fused-ring (bicyclic) bond motifs is 3. The van der Waals surface area contributed by atoms with Crippen LogP contribution in [0.15, 0.2) is 18.5 Å². The maximum Gasteiger partial charge on any atom is 0.217 e. The van der Waals surface area contributed by atoms with Crippen molar-refractivity contribution in [1.29, 1.82) is 0 Å². The van der Waals surface area contributed by atoms with Crippen LogP contribution >= 0.6 is 0 Å². The summed E-state index contributed by atoms with van der Waals surface area (Å²) < 4.78 is 2.15. The van der Waals surface area contributed by atoms with Crippen molar-refractivity contribution in [2.45, 2.75) is 51.4 Å². The molecule has 0 radical (unpaired) electrons. The zero-order valence-electron chi connectivity index (χ0n) is 14.5. The molecule has 1 unspecified atom stereocenters. The number of nitrogens with two attached hydrogens (primary N) is 1. The Hall–Kier alpha value is -2.44. The van der Waals surface area contributed by atoms with E-state index >= 15 is 0 Å². The fourth-order valence-corrected chi connectivity index (χ4v) is 4.45. The molecule has 0 aliphatic heterocycles. The third-order valence-electron chi connectivity index (χ3n) is 5.65. The van der Waals surface area contributed by atoms with Gasteiger partial charge in [-0.2, -0.15) is 0 Å². The highest BCUT2D eigenvalue weighted by Gasteiger charge is 2.36. The Labute approximate surface area is 146 Å². The number of carbonyl (C=O) groups excluding carboxylic acids is 1. The van der Waals surface area contributed by atoms with Gasteiger partial charge in [0.25, 0.3) is 0 Å². The van der Waals surface area contributed by atoms with Gasteiger partial charge in [0.05, 0.1) is 11.7 Å². The summed E-state index contributed by atoms with van der Waals surface area (Å²) in [7, 11) is 0. The van der Waals surface area contributed by atoms with E-state index in [0.717, 1.165) is 48.3 Å². The number of nitrogens with one attached hydrogen (secondary N) is 1. The Morgan fingerprint density at radius 3 is 3.08 bits per heavy atom. The van der Waals surface area contributed by atoms with E-state index in [9.17, 15) is 4.79 Å². The average Bonchev–Trinajstić information content (AvgIpc) is 3.30. The molecule has 3 atom stereocenters. The van der Waals surface area contributed by atoms with Gasteiger partial charge in [-0.25, -0.2) is 4.98 Å². The van der Waals surface area contributed by atoms with Crippen LogP contribution in [-0.2, 0) is 4.79 Å². The van der Waals surface area contributed by atoms with Crippen LogP contribution in [0.2, 0.25) is 0 Å². The van der Waals surface area contributed by atoms with Crippen LogP contribution in [0.3, 0.4) is 0 Å². The molecule has 3 heterocycles. The van der Waals surface area contributed by atoms with Gasteiger partial charge in [-0.05, 0) is 43.6 Å². The Morgan fingerprint density at radius 1 is 1.40 bits per heavy atom. The van der Waals surface area contributed by atoms with Gasteiger partial charge < -0.3 is 10.7 Å². The molecule has 7 nitrogen and oxygen atoms in total. The van der Waals surface area contributed by atoms with E-state index in [2.05, 4.69) is 31.5 Å². The van der Waals surface area contributed by atoms with Gasteiger partial charge >= 0.3 is 0 Å². The molecule has 3 N–H and O–H groups in total. The molecule has 0 bridgehead atoms. The Kier molecular flexibility index (Phi) is 4.15. The molecule has 1 amide bonds. The van der Waals surface area contributed by atoms with Crippen molar-refractivity contribution in [3.63, 3.8) is 0 Å². The second-order valence-electron chi connectivity index (χ2n) is 7.19. The van der Waals surface area contributed by atoms with E-state index < -0.39 is 0 Å². The molecule has 25 heavy (non-hydrogen) atoms. The Bertz CT molecular complexity index is 897. The number of H-pyrrole nitrogens is 1. The number of primary amides is 1. The molecule has 1 aliphatic carbocycles. The molecule has 0 saturated heterocycles. The predicted octanol–water partition coefficient (Wildman–Crippen LogP) is 2.78. The van der Waals surface area contributed by atoms with Crippen molar-refractivity contribution in [1.82, 2.24) is 24.6 Å². The van der Waals surface area contributed by atoms with E-state index in [1.165, 1.54) is 6.42 Å². The molecule has 132 valence electrons. The molecule has 1 aliphatic rings. The molecule has 4 rings (SSSR count). The molecule has 1 saturated carbocycles. The number of aromatic nitrogens is 5. The van der Waals surface area contributed by atoms with Crippen LogP contribution in [0.4, 0.5) is 0 Å². The summed E-state index contributed by atoms with van der Waals surface area (Å²) in [6.45, 7) is 2.25. The van der Waals surface area contributed by atoms with Crippen molar-refractivity contribution in [2.75, 3.05) is 0 Å². The molecular formula is C18H24N6O. The number of aromatic amines is 1. The molecule has 1 fully saturated rings. The second-order valence-corrected chi connectivity index (χ2v) is 7.19. The number of rotatable bonds is 6. The normalized spacial score (nSPS) is 23.6. The van der Waals surface area contributed by atoms with Crippen molar-refractivity contribution in [3.8, 4) is 0 Å². The first-order valence-electron chi connectivity index (χ1n) is 9.12. The summed E-state index contributed by atoms with van der Waals surface area (Å²) in [6.07, 6.45) is 9.54. The van der Waals surface area contributed by atoms with Gasteiger partial charge in [-0.3, -0.25) is 9.20 Å². The van der Waals surface area contributed by atoms with Gasteiger partial charge in [0.1, 0.15) is 5.82 Å². The van der Waals surface area contributed by atoms with Crippen molar-refractivity contribution in [3.05, 3.63) is 24.3 Å². The second kappa shape index (κ2) is 6.46. The van der Waals surface area contributed by atoms with E-state index in [0.29, 0.717) is 24.2 Å². The number of hydrogen-bond donors (Lipinski definition) is 2. The van der Waals surface area contributed by atoms with Crippen LogP contribution in [0, 0.1) is 11.8 Å². The largest absolute Gasteiger partial charge is 0.370 e. The zero-order chi connectivity index (χ0) is 17.4. The first-order chi connectivity index (χ1) is 12.2. The standard InChI is InChI=1S/C18H24N6O/c1-2-12-8-11(4-3-5-15(19)25)9-13(12)18-23-22-16-10-21-17-14(24(16)18)6-7-20-17/h6-7,10-13,20H,2-5,8-9H2,1H3,(H2,19,25)/t11?,12-,13+/m1/s1. The van der Waals surface area contributed by atoms with Crippen LogP contribution < -0.4 is 5.73 Å². The van der Waals surface area contributed by atoms with Crippen LogP contribution in [0.1, 0.15) is 57.2 Å². The van der Waals surface area contributed by atoms with Crippen molar-refractivity contribution < 1.29 is 4.79 Å². The minimum Gasteiger partial charge on any atom is -0.370 e. The van der Waals surface area contributed by atoms with Crippen LogP contribution in [0.25, 0.3) is 16.8 Å². The summed E-state index contributed by atoms with van der Waals surface area (Å²) in [4.78, 5) is 18.5. The fourth-order valence-electron chi connectivity index (χ4n) is 4.45. The highest BCUT2D eigenvalue weighted by Crippen LogP contribution is 2.46. The lowest BCUT2D eigenvalue weighted by atomic mass is 9.93. The minimum atomic E-state index is -0.201. The lowest BCUT2D eigenvalue weighted by Crippen LogP contribution is -2.10. The van der Waals surface area contributed by atoms with E-state index in [-0.39, 0.29) is 5.91 Å². The predicted molar refractivity (Wildman–Crippen MR) is 94.9 cm³/mol. The third kappa shape index (κ3) is 2.88. The first kappa shape index (κ1) is 16.1. The van der Waals surface area contributed by atoms with Gasteiger partial charge in [0.2, 0.25) is 5.91 Å². The van der Waals surface area contributed by atoms with Gasteiger partial charge in [0, 0.05) is 18.5 Å².